The molecule has 0 aliphatic heterocycles. The first-order valence-corrected chi connectivity index (χ1v) is 54.5. The number of Topliss-reactive ketones (excluding diaryl/α,β-unsaturated/α-hetero) is 3. The highest BCUT2D eigenvalue weighted by Gasteiger charge is 2.12. The molecule has 0 bridgehead atoms. The highest BCUT2D eigenvalue weighted by atomic mass is 16.5. The van der Waals surface area contributed by atoms with Crippen molar-refractivity contribution in [3.05, 3.63) is 552 Å². The van der Waals surface area contributed by atoms with Gasteiger partial charge in [0.05, 0.1) is 11.1 Å². The Morgan fingerprint density at radius 2 is 0.315 bits per heavy atom. The van der Waals surface area contributed by atoms with Crippen LogP contribution >= 0.6 is 0 Å². The van der Waals surface area contributed by atoms with Crippen molar-refractivity contribution in [3.8, 4) is 11.5 Å². The van der Waals surface area contributed by atoms with Gasteiger partial charge in [0, 0.05) is 66.4 Å². The van der Waals surface area contributed by atoms with E-state index in [0.29, 0.717) is 48.3 Å². The molecule has 0 spiro atoms. The lowest BCUT2D eigenvalue weighted by Gasteiger charge is -2.18. The van der Waals surface area contributed by atoms with E-state index in [4.69, 9.17) is 9.47 Å². The Labute approximate surface area is 907 Å². The van der Waals surface area contributed by atoms with Gasteiger partial charge in [-0.05, 0) is 113 Å². The Balaban J connectivity index is -0.000000244. The van der Waals surface area contributed by atoms with Crippen molar-refractivity contribution in [2.45, 2.75) is 254 Å². The molecule has 16 aromatic carbocycles. The number of benzene rings is 16. The monoisotopic (exact) mass is 2010 g/mol. The molecule has 0 atom stereocenters. The summed E-state index contributed by atoms with van der Waals surface area (Å²) < 4.78 is 10.3. The summed E-state index contributed by atoms with van der Waals surface area (Å²) in [5, 5.41) is 0. The molecule has 0 fully saturated rings. The lowest BCUT2D eigenvalue weighted by Crippen LogP contribution is -2.08. The number of ether oxygens (including phenoxy) is 2. The minimum Gasteiger partial charge on any atom is -0.423 e. The third kappa shape index (κ3) is 76.2. The molecule has 0 aliphatic carbocycles. The Bertz CT molecular complexity index is 4890. The third-order valence-corrected chi connectivity index (χ3v) is 17.5. The number of carbonyl (C=O) groups is 6. The van der Waals surface area contributed by atoms with E-state index in [0.717, 1.165) is 50.9 Å². The lowest BCUT2D eigenvalue weighted by molar-refractivity contribution is -0.117. The molecule has 0 radical (unpaired) electrons. The van der Waals surface area contributed by atoms with Crippen LogP contribution in [0, 0.1) is 0 Å². The van der Waals surface area contributed by atoms with Gasteiger partial charge in [-0.2, -0.15) is 0 Å². The average Bonchev–Trinajstić information content (AvgIpc) is 0.864. The van der Waals surface area contributed by atoms with Crippen LogP contribution in [0.25, 0.3) is 0 Å². The van der Waals surface area contributed by atoms with Crippen LogP contribution < -0.4 is 14.4 Å². The molecule has 0 saturated heterocycles. The second-order valence-corrected chi connectivity index (χ2v) is 26.3. The summed E-state index contributed by atoms with van der Waals surface area (Å²) in [6.45, 7) is 64.0. The molecule has 0 saturated carbocycles. The van der Waals surface area contributed by atoms with E-state index in [2.05, 4.69) is 121 Å². The van der Waals surface area contributed by atoms with Crippen molar-refractivity contribution >= 4 is 46.4 Å². The zero-order chi connectivity index (χ0) is 114. The predicted molar refractivity (Wildman–Crippen MR) is 657 cm³/mol. The van der Waals surface area contributed by atoms with Gasteiger partial charge in [-0.1, -0.05) is 634 Å². The topological polar surface area (TPSA) is 124 Å². The predicted octanol–water partition coefficient (Wildman–Crippen LogP) is 41.1. The van der Waals surface area contributed by atoms with E-state index in [1.165, 1.54) is 22.5 Å². The molecule has 0 unspecified atom stereocenters. The minimum atomic E-state index is -0.332. The molecule has 0 amide bonds. The van der Waals surface area contributed by atoms with Crippen molar-refractivity contribution in [1.29, 1.82) is 0 Å². The van der Waals surface area contributed by atoms with Crippen LogP contribution in [0.2, 0.25) is 0 Å². The number of nitrogens with zero attached hydrogens (tertiary/aromatic N) is 1. The summed E-state index contributed by atoms with van der Waals surface area (Å²) in [6, 6.07) is 154. The maximum absolute atomic E-state index is 11.8. The van der Waals surface area contributed by atoms with Crippen LogP contribution in [0.5, 0.6) is 11.5 Å². The van der Waals surface area contributed by atoms with Crippen molar-refractivity contribution < 1.29 is 38.2 Å². The second kappa shape index (κ2) is 117. The molecule has 0 heterocycles. The fourth-order valence-electron chi connectivity index (χ4n) is 11.4. The van der Waals surface area contributed by atoms with Crippen LogP contribution in [0.3, 0.4) is 0 Å². The van der Waals surface area contributed by atoms with Crippen molar-refractivity contribution in [1.82, 2.24) is 0 Å². The maximum Gasteiger partial charge on any atom is 0.343 e. The average molecular weight is 2010 g/mol. The fraction of sp³-hybridized carbons (Fsp3) is 0.271. The zero-order valence-electron chi connectivity index (χ0n) is 97.4. The van der Waals surface area contributed by atoms with Gasteiger partial charge >= 0.3 is 11.9 Å². The van der Waals surface area contributed by atoms with Gasteiger partial charge in [0.1, 0.15) is 17.3 Å². The summed E-state index contributed by atoms with van der Waals surface area (Å²) in [7, 11) is 2.07. The molecule has 16 rings (SSSR count). The first-order valence-electron chi connectivity index (χ1n) is 54.5. The number of hydrogen-bond acceptors (Lipinski definition) is 9. The van der Waals surface area contributed by atoms with Crippen LogP contribution in [-0.4, -0.2) is 42.1 Å². The smallest absolute Gasteiger partial charge is 0.343 e. The molecule has 0 N–H and O–H groups in total. The zero-order valence-corrected chi connectivity index (χ0v) is 97.4. The van der Waals surface area contributed by atoms with Crippen molar-refractivity contribution in [2.75, 3.05) is 11.9 Å². The number of rotatable bonds is 20. The van der Waals surface area contributed by atoms with Gasteiger partial charge in [0.2, 0.25) is 0 Å². The summed E-state index contributed by atoms with van der Waals surface area (Å²) in [5.74, 6) is 1.13. The molecule has 9 heteroatoms. The van der Waals surface area contributed by atoms with Gasteiger partial charge < -0.3 is 14.4 Å². The van der Waals surface area contributed by atoms with E-state index in [9.17, 15) is 28.8 Å². The standard InChI is InChI=1S/C15H14O.2C14H12O.C13H13N.2C13H10O2.C13H10O.C13H12.16C2H6/c16-15(11-13-7-3-1-4-8-13)12-14-9-5-2-6-10-14;2*15-14(13-9-5-2-6-10-13)11-12-7-3-1-4-8-12;1-14(12-8-4-2-5-9-12)13-10-6-3-7-11-13;2*14-13(11-7-3-1-4-8-11)15-12-9-5-2-6-10-12;14-13(11-7-3-1-4-8-11)12-9-5-2-6-10-12;1-3-7-12(8-4-1)11-13-9-5-2-6-10-13;16*1-2/h1-10H,11-12H2;2*1-10H,11H2;2-11H,1H3;2*1-10H;1-10H;1-10H,11H2;16*1-2H3. The number of esters is 2. The van der Waals surface area contributed by atoms with Gasteiger partial charge in [-0.25, -0.2) is 9.59 Å². The van der Waals surface area contributed by atoms with E-state index >= 15 is 0 Å². The summed E-state index contributed by atoms with van der Waals surface area (Å²) >= 11 is 0. The van der Waals surface area contributed by atoms with E-state index in [1.807, 2.05) is 549 Å². The highest BCUT2D eigenvalue weighted by Crippen LogP contribution is 2.23. The van der Waals surface area contributed by atoms with E-state index in [-0.39, 0.29) is 35.1 Å². The molecule has 9 nitrogen and oxygen atoms in total. The number of ketones is 4. The van der Waals surface area contributed by atoms with Crippen LogP contribution in [0.15, 0.2) is 485 Å². The van der Waals surface area contributed by atoms with Gasteiger partial charge in [0.15, 0.2) is 17.3 Å². The quantitative estimate of drug-likeness (QED) is 0.0417. The van der Waals surface area contributed by atoms with Gasteiger partial charge in [0.25, 0.3) is 0 Å². The van der Waals surface area contributed by atoms with Gasteiger partial charge in [-0.15, -0.1) is 0 Å². The molecule has 16 aromatic rings. The Morgan fingerprint density at radius 3 is 0.510 bits per heavy atom. The lowest BCUT2D eigenvalue weighted by atomic mass is 10.0. The first-order chi connectivity index (χ1) is 73.5. The Kier molecular flexibility index (Phi) is 117. The first kappa shape index (κ1) is 149. The largest absolute Gasteiger partial charge is 0.423 e. The number of anilines is 2. The van der Waals surface area contributed by atoms with Crippen molar-refractivity contribution in [3.63, 3.8) is 0 Å². The number of para-hydroxylation sites is 4. The molecule has 0 aliphatic rings. The molecular weight excluding hydrogens is 1820 g/mol. The highest BCUT2D eigenvalue weighted by molar-refractivity contribution is 6.09. The normalized spacial score (nSPS) is 8.33. The second-order valence-electron chi connectivity index (χ2n) is 26.3. The Morgan fingerprint density at radius 1 is 0.168 bits per heavy atom. The molecule has 802 valence electrons. The summed E-state index contributed by atoms with van der Waals surface area (Å²) in [6.07, 6.45) is 3.03. The van der Waals surface area contributed by atoms with Crippen LogP contribution in [-0.2, 0) is 36.9 Å². The molecular formula is C140H189NO8. The third-order valence-electron chi connectivity index (χ3n) is 17.5. The Hall–Kier alpha value is -15.1. The van der Waals surface area contributed by atoms with Crippen LogP contribution in [0.4, 0.5) is 11.4 Å². The van der Waals surface area contributed by atoms with Gasteiger partial charge in [-0.3, -0.25) is 19.2 Å². The SMILES string of the molecule is CC.CC.CC.CC.CC.CC.CC.CC.CC.CC.CC.CC.CC.CC.CC.CC.CN(c1ccccc1)c1ccccc1.O=C(Cc1ccccc1)Cc1ccccc1.O=C(Cc1ccccc1)c1ccccc1.O=C(Cc1ccccc1)c1ccccc1.O=C(Oc1ccccc1)c1ccccc1.O=C(Oc1ccccc1)c1ccccc1.O=C(c1ccccc1)c1ccccc1.c1ccc(Cc2ccccc2)cc1. The molecule has 0 aromatic heterocycles. The van der Waals surface area contributed by atoms with Crippen LogP contribution in [0.1, 0.15) is 312 Å². The number of hydrogen-bond donors (Lipinski definition) is 0. The maximum atomic E-state index is 11.8. The molecule has 149 heavy (non-hydrogen) atoms. The van der Waals surface area contributed by atoms with Crippen molar-refractivity contribution in [2.24, 2.45) is 0 Å². The van der Waals surface area contributed by atoms with E-state index in [1.54, 1.807) is 48.5 Å². The minimum absolute atomic E-state index is 0.0752. The number of carbonyl (C=O) groups excluding carboxylic acids is 6. The van der Waals surface area contributed by atoms with E-state index < -0.39 is 0 Å². The fourth-order valence-corrected chi connectivity index (χ4v) is 11.4. The summed E-state index contributed by atoms with van der Waals surface area (Å²) in [5.41, 5.74) is 13.6. The summed E-state index contributed by atoms with van der Waals surface area (Å²) in [4.78, 5) is 72.6.